The predicted molar refractivity (Wildman–Crippen MR) is 68.3 cm³/mol. The second kappa shape index (κ2) is 5.27. The Labute approximate surface area is 106 Å². The van der Waals surface area contributed by atoms with E-state index in [1.807, 2.05) is 37.3 Å². The summed E-state index contributed by atoms with van der Waals surface area (Å²) in [6, 6.07) is 9.78. The lowest BCUT2D eigenvalue weighted by atomic mass is 9.85. The van der Waals surface area contributed by atoms with Crippen LogP contribution in [0.2, 0.25) is 0 Å². The number of aromatic nitrogens is 4. The van der Waals surface area contributed by atoms with E-state index in [0.717, 1.165) is 17.9 Å². The average Bonchev–Trinajstić information content (AvgIpc) is 2.87. The lowest BCUT2D eigenvalue weighted by Gasteiger charge is -2.24. The zero-order valence-electron chi connectivity index (χ0n) is 10.7. The van der Waals surface area contributed by atoms with E-state index in [1.54, 1.807) is 4.68 Å². The van der Waals surface area contributed by atoms with Crippen molar-refractivity contribution in [2.75, 3.05) is 6.61 Å². The van der Waals surface area contributed by atoms with Gasteiger partial charge < -0.3 is 5.11 Å². The second-order valence-electron chi connectivity index (χ2n) is 4.84. The highest BCUT2D eigenvalue weighted by atomic mass is 16.3. The van der Waals surface area contributed by atoms with Gasteiger partial charge in [0, 0.05) is 13.0 Å². The molecule has 96 valence electrons. The number of aliphatic hydroxyl groups is 1. The molecule has 0 radical (unpaired) electrons. The highest BCUT2D eigenvalue weighted by molar-refractivity contribution is 5.30. The van der Waals surface area contributed by atoms with Crippen molar-refractivity contribution in [1.29, 1.82) is 0 Å². The number of nitrogens with zero attached hydrogens (tertiary/aromatic N) is 4. The fourth-order valence-corrected chi connectivity index (χ4v) is 1.76. The van der Waals surface area contributed by atoms with Crippen LogP contribution in [0.25, 0.3) is 5.69 Å². The van der Waals surface area contributed by atoms with Crippen molar-refractivity contribution in [3.8, 4) is 5.69 Å². The maximum Gasteiger partial charge on any atom is 0.157 e. The van der Waals surface area contributed by atoms with Crippen LogP contribution in [0.3, 0.4) is 0 Å². The number of tetrazole rings is 1. The molecule has 1 atom stereocenters. The molecule has 0 saturated heterocycles. The molecule has 0 amide bonds. The van der Waals surface area contributed by atoms with Crippen molar-refractivity contribution in [1.82, 2.24) is 20.2 Å². The molecule has 5 heteroatoms. The molecule has 18 heavy (non-hydrogen) atoms. The van der Waals surface area contributed by atoms with E-state index < -0.39 is 0 Å². The minimum atomic E-state index is -0.179. The second-order valence-corrected chi connectivity index (χ2v) is 4.84. The molecular weight excluding hydrogens is 228 g/mol. The first-order chi connectivity index (χ1) is 8.68. The Bertz CT molecular complexity index is 491. The fraction of sp³-hybridized carbons (Fsp3) is 0.462. The number of hydrogen-bond acceptors (Lipinski definition) is 4. The van der Waals surface area contributed by atoms with Gasteiger partial charge >= 0.3 is 0 Å². The molecule has 0 aliphatic heterocycles. The number of aliphatic hydroxyl groups excluding tert-OH is 1. The summed E-state index contributed by atoms with van der Waals surface area (Å²) in [6.45, 7) is 4.23. The van der Waals surface area contributed by atoms with Gasteiger partial charge in [-0.15, -0.1) is 5.10 Å². The molecule has 2 aromatic rings. The van der Waals surface area contributed by atoms with Crippen molar-refractivity contribution >= 4 is 0 Å². The van der Waals surface area contributed by atoms with Crippen LogP contribution in [-0.4, -0.2) is 31.9 Å². The molecule has 1 aromatic heterocycles. The van der Waals surface area contributed by atoms with Crippen LogP contribution in [0.1, 0.15) is 26.1 Å². The maximum atomic E-state index is 9.47. The van der Waals surface area contributed by atoms with E-state index in [2.05, 4.69) is 22.4 Å². The Kier molecular flexibility index (Phi) is 3.72. The Morgan fingerprint density at radius 3 is 2.61 bits per heavy atom. The molecular formula is C13H18N4O. The Hall–Kier alpha value is -1.75. The largest absolute Gasteiger partial charge is 0.396 e. The Balaban J connectivity index is 2.29. The molecule has 0 bridgehead atoms. The van der Waals surface area contributed by atoms with Crippen LogP contribution in [-0.2, 0) is 6.42 Å². The zero-order chi connectivity index (χ0) is 13.0. The van der Waals surface area contributed by atoms with Crippen molar-refractivity contribution in [2.45, 2.75) is 26.7 Å². The summed E-state index contributed by atoms with van der Waals surface area (Å²) in [4.78, 5) is 0. The van der Waals surface area contributed by atoms with Gasteiger partial charge in [-0.2, -0.15) is 4.68 Å². The predicted octanol–water partition coefficient (Wildman–Crippen LogP) is 1.61. The topological polar surface area (TPSA) is 63.8 Å². The van der Waals surface area contributed by atoms with Crippen LogP contribution < -0.4 is 0 Å². The van der Waals surface area contributed by atoms with Crippen molar-refractivity contribution in [3.05, 3.63) is 36.2 Å². The fourth-order valence-electron chi connectivity index (χ4n) is 1.76. The Morgan fingerprint density at radius 2 is 2.00 bits per heavy atom. The van der Waals surface area contributed by atoms with Crippen molar-refractivity contribution in [2.24, 2.45) is 5.41 Å². The third-order valence-electron chi connectivity index (χ3n) is 3.36. The van der Waals surface area contributed by atoms with Crippen LogP contribution in [0.5, 0.6) is 0 Å². The molecule has 0 saturated carbocycles. The normalized spacial score (nSPS) is 14.4. The molecule has 1 unspecified atom stereocenters. The van der Waals surface area contributed by atoms with Gasteiger partial charge in [0.05, 0.1) is 5.69 Å². The van der Waals surface area contributed by atoms with Crippen LogP contribution in [0.15, 0.2) is 30.3 Å². The van der Waals surface area contributed by atoms with Gasteiger partial charge in [-0.05, 0) is 34.4 Å². The minimum Gasteiger partial charge on any atom is -0.396 e. The number of hydrogen-bond donors (Lipinski definition) is 1. The summed E-state index contributed by atoms with van der Waals surface area (Å²) in [6.07, 6.45) is 1.53. The first kappa shape index (κ1) is 12.7. The molecule has 0 spiro atoms. The first-order valence-corrected chi connectivity index (χ1v) is 6.12. The number of para-hydroxylation sites is 1. The summed E-state index contributed by atoms with van der Waals surface area (Å²) >= 11 is 0. The van der Waals surface area contributed by atoms with Gasteiger partial charge in [0.1, 0.15) is 0 Å². The molecule has 0 aliphatic rings. The molecule has 1 N–H and O–H groups in total. The van der Waals surface area contributed by atoms with E-state index in [9.17, 15) is 5.11 Å². The number of rotatable bonds is 5. The SMILES string of the molecule is CCC(C)(CO)Cc1nnnn1-c1ccccc1. The van der Waals surface area contributed by atoms with Crippen molar-refractivity contribution < 1.29 is 5.11 Å². The molecule has 2 rings (SSSR count). The standard InChI is InChI=1S/C13H18N4O/c1-3-13(2,10-18)9-12-14-15-16-17(12)11-7-5-4-6-8-11/h4-8,18H,3,9-10H2,1-2H3. The Morgan fingerprint density at radius 1 is 1.28 bits per heavy atom. The van der Waals surface area contributed by atoms with Crippen LogP contribution in [0.4, 0.5) is 0 Å². The van der Waals surface area contributed by atoms with E-state index in [4.69, 9.17) is 0 Å². The molecule has 0 fully saturated rings. The van der Waals surface area contributed by atoms with Crippen LogP contribution in [0, 0.1) is 5.41 Å². The van der Waals surface area contributed by atoms with Gasteiger partial charge in [-0.3, -0.25) is 0 Å². The lowest BCUT2D eigenvalue weighted by Crippen LogP contribution is -2.25. The average molecular weight is 246 g/mol. The third kappa shape index (κ3) is 2.56. The monoisotopic (exact) mass is 246 g/mol. The maximum absolute atomic E-state index is 9.47. The minimum absolute atomic E-state index is 0.130. The van der Waals surface area contributed by atoms with Gasteiger partial charge in [-0.1, -0.05) is 32.0 Å². The summed E-state index contributed by atoms with van der Waals surface area (Å²) in [5, 5.41) is 21.3. The lowest BCUT2D eigenvalue weighted by molar-refractivity contribution is 0.135. The molecule has 1 heterocycles. The smallest absolute Gasteiger partial charge is 0.157 e. The third-order valence-corrected chi connectivity index (χ3v) is 3.36. The van der Waals surface area contributed by atoms with Gasteiger partial charge in [0.15, 0.2) is 5.82 Å². The summed E-state index contributed by atoms with van der Waals surface area (Å²) < 4.78 is 1.73. The van der Waals surface area contributed by atoms with Gasteiger partial charge in [0.2, 0.25) is 0 Å². The quantitative estimate of drug-likeness (QED) is 0.870. The van der Waals surface area contributed by atoms with Crippen molar-refractivity contribution in [3.63, 3.8) is 0 Å². The van der Waals surface area contributed by atoms with Gasteiger partial charge in [-0.25, -0.2) is 0 Å². The van der Waals surface area contributed by atoms with Crippen LogP contribution >= 0.6 is 0 Å². The van der Waals surface area contributed by atoms with E-state index in [-0.39, 0.29) is 12.0 Å². The molecule has 5 nitrogen and oxygen atoms in total. The summed E-state index contributed by atoms with van der Waals surface area (Å²) in [7, 11) is 0. The van der Waals surface area contributed by atoms with Gasteiger partial charge in [0.25, 0.3) is 0 Å². The zero-order valence-corrected chi connectivity index (χ0v) is 10.7. The molecule has 1 aromatic carbocycles. The highest BCUT2D eigenvalue weighted by Crippen LogP contribution is 2.25. The number of benzene rings is 1. The van der Waals surface area contributed by atoms with E-state index in [1.165, 1.54) is 0 Å². The first-order valence-electron chi connectivity index (χ1n) is 6.12. The highest BCUT2D eigenvalue weighted by Gasteiger charge is 2.25. The summed E-state index contributed by atoms with van der Waals surface area (Å²) in [5.41, 5.74) is 0.759. The van der Waals surface area contributed by atoms with E-state index >= 15 is 0 Å². The molecule has 0 aliphatic carbocycles. The van der Waals surface area contributed by atoms with E-state index in [0.29, 0.717) is 6.42 Å². The summed E-state index contributed by atoms with van der Waals surface area (Å²) in [5.74, 6) is 0.777.